The maximum absolute atomic E-state index is 9.85. The van der Waals surface area contributed by atoms with E-state index in [1.54, 1.807) is 0 Å². The van der Waals surface area contributed by atoms with E-state index in [9.17, 15) is 4.79 Å². The molecule has 0 unspecified atom stereocenters. The molecular formula is C5H11ClNO2-. The van der Waals surface area contributed by atoms with Crippen molar-refractivity contribution in [3.05, 3.63) is 0 Å². The summed E-state index contributed by atoms with van der Waals surface area (Å²) in [6, 6.07) is 0. The molecule has 0 saturated heterocycles. The number of hydrogen-bond acceptors (Lipinski definition) is 2. The molecule has 2 N–H and O–H groups in total. The number of aliphatic carboxylic acids is 1. The molecule has 0 aliphatic rings. The number of carbonyl (C=O) groups is 1. The van der Waals surface area contributed by atoms with Gasteiger partial charge in [0, 0.05) is 6.42 Å². The van der Waals surface area contributed by atoms with Gasteiger partial charge in [0.15, 0.2) is 0 Å². The molecule has 0 atom stereocenters. The van der Waals surface area contributed by atoms with E-state index < -0.39 is 5.97 Å². The molecule has 0 aromatic rings. The van der Waals surface area contributed by atoms with Gasteiger partial charge in [-0.1, -0.05) is 0 Å². The number of halogens is 1. The summed E-state index contributed by atoms with van der Waals surface area (Å²) in [5, 5.41) is 11.0. The Balaban J connectivity index is 0. The Hall–Kier alpha value is -0.280. The fourth-order valence-electron chi connectivity index (χ4n) is 0.416. The zero-order chi connectivity index (χ0) is 6.41. The molecule has 0 amide bonds. The molecule has 0 fully saturated rings. The standard InChI is InChI=1S/C5H11NO2.ClH/c1-6-4-2-3-5(7)8;/h6H,2-4H2,1H3,(H,7,8);1H/p-1. The second-order valence-corrected chi connectivity index (χ2v) is 1.60. The SMILES string of the molecule is CNCCCC(=O)O.[Cl-]. The summed E-state index contributed by atoms with van der Waals surface area (Å²) >= 11 is 0. The Morgan fingerprint density at radius 2 is 2.22 bits per heavy atom. The Morgan fingerprint density at radius 1 is 1.67 bits per heavy atom. The third-order valence-electron chi connectivity index (χ3n) is 0.817. The van der Waals surface area contributed by atoms with Gasteiger partial charge in [0.2, 0.25) is 0 Å². The summed E-state index contributed by atoms with van der Waals surface area (Å²) in [6.45, 7) is 0.784. The minimum atomic E-state index is -0.722. The second-order valence-electron chi connectivity index (χ2n) is 1.60. The van der Waals surface area contributed by atoms with Crippen molar-refractivity contribution in [2.75, 3.05) is 13.6 Å². The van der Waals surface area contributed by atoms with Crippen LogP contribution in [-0.4, -0.2) is 24.7 Å². The molecule has 0 rings (SSSR count). The Kier molecular flexibility index (Phi) is 9.87. The minimum absolute atomic E-state index is 0. The first-order chi connectivity index (χ1) is 3.77. The van der Waals surface area contributed by atoms with Crippen LogP contribution in [0.25, 0.3) is 0 Å². The quantitative estimate of drug-likeness (QED) is 0.425. The summed E-state index contributed by atoms with van der Waals surface area (Å²) in [5.41, 5.74) is 0. The van der Waals surface area contributed by atoms with Crippen molar-refractivity contribution in [1.82, 2.24) is 5.32 Å². The highest BCUT2D eigenvalue weighted by atomic mass is 35.5. The van der Waals surface area contributed by atoms with Gasteiger partial charge in [-0.05, 0) is 20.0 Å². The molecule has 56 valence electrons. The van der Waals surface area contributed by atoms with Gasteiger partial charge in [-0.2, -0.15) is 0 Å². The first-order valence-electron chi connectivity index (χ1n) is 2.63. The smallest absolute Gasteiger partial charge is 0.303 e. The minimum Gasteiger partial charge on any atom is -1.00 e. The van der Waals surface area contributed by atoms with Gasteiger partial charge in [0.1, 0.15) is 0 Å². The average molecular weight is 153 g/mol. The van der Waals surface area contributed by atoms with Crippen LogP contribution in [0.3, 0.4) is 0 Å². The third-order valence-corrected chi connectivity index (χ3v) is 0.817. The molecule has 9 heavy (non-hydrogen) atoms. The van der Waals surface area contributed by atoms with Crippen LogP contribution >= 0.6 is 0 Å². The highest BCUT2D eigenvalue weighted by molar-refractivity contribution is 5.66. The lowest BCUT2D eigenvalue weighted by atomic mass is 10.3. The number of carboxylic acid groups (broad SMARTS) is 1. The van der Waals surface area contributed by atoms with E-state index in [1.165, 1.54) is 0 Å². The van der Waals surface area contributed by atoms with E-state index in [4.69, 9.17) is 5.11 Å². The maximum atomic E-state index is 9.85. The monoisotopic (exact) mass is 152 g/mol. The molecule has 0 aliphatic heterocycles. The van der Waals surface area contributed by atoms with Crippen LogP contribution in [0, 0.1) is 0 Å². The van der Waals surface area contributed by atoms with Crippen LogP contribution in [0.1, 0.15) is 12.8 Å². The lowest BCUT2D eigenvalue weighted by Crippen LogP contribution is -3.00. The molecule has 0 spiro atoms. The van der Waals surface area contributed by atoms with Crippen molar-refractivity contribution in [2.24, 2.45) is 0 Å². The number of nitrogens with one attached hydrogen (secondary N) is 1. The number of rotatable bonds is 4. The zero-order valence-electron chi connectivity index (χ0n) is 5.35. The lowest BCUT2D eigenvalue weighted by Gasteiger charge is -1.92. The topological polar surface area (TPSA) is 49.3 Å². The van der Waals surface area contributed by atoms with E-state index >= 15 is 0 Å². The number of hydrogen-bond donors (Lipinski definition) is 2. The highest BCUT2D eigenvalue weighted by Crippen LogP contribution is 1.83. The summed E-state index contributed by atoms with van der Waals surface area (Å²) < 4.78 is 0. The van der Waals surface area contributed by atoms with Crippen LogP contribution in [0.15, 0.2) is 0 Å². The van der Waals surface area contributed by atoms with Crippen LogP contribution < -0.4 is 17.7 Å². The van der Waals surface area contributed by atoms with E-state index in [0.717, 1.165) is 6.54 Å². The van der Waals surface area contributed by atoms with Gasteiger partial charge >= 0.3 is 5.97 Å². The van der Waals surface area contributed by atoms with Crippen molar-refractivity contribution in [3.63, 3.8) is 0 Å². The highest BCUT2D eigenvalue weighted by Gasteiger charge is 1.92. The van der Waals surface area contributed by atoms with Gasteiger partial charge < -0.3 is 22.8 Å². The van der Waals surface area contributed by atoms with E-state index in [0.29, 0.717) is 6.42 Å². The molecule has 0 heterocycles. The molecule has 0 aromatic heterocycles. The third kappa shape index (κ3) is 11.3. The molecule has 4 heteroatoms. The summed E-state index contributed by atoms with van der Waals surface area (Å²) in [6.07, 6.45) is 0.979. The average Bonchev–Trinajstić information content (AvgIpc) is 1.66. The molecule has 0 aliphatic carbocycles. The van der Waals surface area contributed by atoms with Crippen molar-refractivity contribution in [2.45, 2.75) is 12.8 Å². The fraction of sp³-hybridized carbons (Fsp3) is 0.800. The normalized spacial score (nSPS) is 8.11. The van der Waals surface area contributed by atoms with Crippen LogP contribution in [0.2, 0.25) is 0 Å². The molecule has 0 aromatic carbocycles. The van der Waals surface area contributed by atoms with Gasteiger partial charge in [-0.3, -0.25) is 4.79 Å². The molecule has 3 nitrogen and oxygen atoms in total. The van der Waals surface area contributed by atoms with Gasteiger partial charge in [-0.25, -0.2) is 0 Å². The van der Waals surface area contributed by atoms with Gasteiger partial charge in [-0.15, -0.1) is 0 Å². The summed E-state index contributed by atoms with van der Waals surface area (Å²) in [4.78, 5) is 9.85. The first kappa shape index (κ1) is 11.5. The number of carboxylic acids is 1. The molecule has 0 bridgehead atoms. The van der Waals surface area contributed by atoms with Crippen molar-refractivity contribution >= 4 is 5.97 Å². The van der Waals surface area contributed by atoms with Crippen LogP contribution in [-0.2, 0) is 4.79 Å². The molecule has 0 saturated carbocycles. The fourth-order valence-corrected chi connectivity index (χ4v) is 0.416. The van der Waals surface area contributed by atoms with E-state index in [2.05, 4.69) is 5.32 Å². The van der Waals surface area contributed by atoms with E-state index in [-0.39, 0.29) is 18.8 Å². The lowest BCUT2D eigenvalue weighted by molar-refractivity contribution is -0.137. The van der Waals surface area contributed by atoms with Gasteiger partial charge in [0.25, 0.3) is 0 Å². The van der Waals surface area contributed by atoms with Crippen molar-refractivity contribution in [1.29, 1.82) is 0 Å². The largest absolute Gasteiger partial charge is 1.00 e. The summed E-state index contributed by atoms with van der Waals surface area (Å²) in [5.74, 6) is -0.722. The van der Waals surface area contributed by atoms with Crippen molar-refractivity contribution < 1.29 is 22.3 Å². The van der Waals surface area contributed by atoms with E-state index in [1.807, 2.05) is 7.05 Å². The zero-order valence-corrected chi connectivity index (χ0v) is 6.11. The second kappa shape index (κ2) is 7.72. The Bertz CT molecular complexity index is 77.4. The molecular weight excluding hydrogens is 142 g/mol. The Labute approximate surface area is 60.9 Å². The maximum Gasteiger partial charge on any atom is 0.303 e. The van der Waals surface area contributed by atoms with Crippen LogP contribution in [0.5, 0.6) is 0 Å². The Morgan fingerprint density at radius 3 is 2.56 bits per heavy atom. The predicted molar refractivity (Wildman–Crippen MR) is 30.8 cm³/mol. The van der Waals surface area contributed by atoms with Crippen molar-refractivity contribution in [3.8, 4) is 0 Å². The molecule has 0 radical (unpaired) electrons. The first-order valence-corrected chi connectivity index (χ1v) is 2.63. The van der Waals surface area contributed by atoms with Crippen LogP contribution in [0.4, 0.5) is 0 Å². The summed E-state index contributed by atoms with van der Waals surface area (Å²) in [7, 11) is 1.81. The van der Waals surface area contributed by atoms with Gasteiger partial charge in [0.05, 0.1) is 0 Å². The predicted octanol–water partition coefficient (Wildman–Crippen LogP) is -2.93.